The van der Waals surface area contributed by atoms with Gasteiger partial charge in [-0.2, -0.15) is 0 Å². The minimum absolute atomic E-state index is 1.08. The zero-order valence-corrected chi connectivity index (χ0v) is 33.0. The van der Waals surface area contributed by atoms with E-state index >= 15 is 0 Å². The third-order valence-electron chi connectivity index (χ3n) is 11.8. The molecule has 0 saturated heterocycles. The van der Waals surface area contributed by atoms with E-state index < -0.39 is 0 Å². The molecule has 11 rings (SSSR count). The molecule has 1 aromatic heterocycles. The number of rotatable bonds is 8. The summed E-state index contributed by atoms with van der Waals surface area (Å²) < 4.78 is 2.46. The van der Waals surface area contributed by atoms with E-state index in [0.717, 1.165) is 33.8 Å². The quantitative estimate of drug-likeness (QED) is 0.150. The Labute approximate surface area is 350 Å². The molecule has 2 nitrogen and oxygen atoms in total. The number of nitrogens with zero attached hydrogens (tertiary/aromatic N) is 2. The van der Waals surface area contributed by atoms with Crippen LogP contribution >= 0.6 is 0 Å². The van der Waals surface area contributed by atoms with Crippen molar-refractivity contribution in [2.75, 3.05) is 4.90 Å². The maximum absolute atomic E-state index is 2.46. The van der Waals surface area contributed by atoms with Gasteiger partial charge in [0.1, 0.15) is 0 Å². The highest BCUT2D eigenvalue weighted by molar-refractivity contribution is 6.17. The molecule has 1 heterocycles. The summed E-state index contributed by atoms with van der Waals surface area (Å²) in [6, 6.07) is 87.9. The molecule has 0 amide bonds. The minimum Gasteiger partial charge on any atom is -0.309 e. The monoisotopic (exact) mass is 764 g/mol. The number of hydrogen-bond donors (Lipinski definition) is 0. The maximum Gasteiger partial charge on any atom is 0.0562 e. The number of hydrogen-bond acceptors (Lipinski definition) is 1. The summed E-state index contributed by atoms with van der Waals surface area (Å²) in [5, 5.41) is 4.87. The Bertz CT molecular complexity index is 3310. The van der Waals surface area contributed by atoms with E-state index in [0.29, 0.717) is 0 Å². The fourth-order valence-electron chi connectivity index (χ4n) is 9.05. The van der Waals surface area contributed by atoms with Gasteiger partial charge in [0.2, 0.25) is 0 Å². The Hall–Kier alpha value is -7.94. The lowest BCUT2D eigenvalue weighted by atomic mass is 9.94. The fraction of sp³-hybridized carbons (Fsp3) is 0. The molecule has 282 valence electrons. The smallest absolute Gasteiger partial charge is 0.0562 e. The number of fused-ring (bicyclic) bond motifs is 4. The summed E-state index contributed by atoms with van der Waals surface area (Å²) >= 11 is 0. The van der Waals surface area contributed by atoms with Gasteiger partial charge in [-0.3, -0.25) is 0 Å². The van der Waals surface area contributed by atoms with Crippen LogP contribution in [0.1, 0.15) is 0 Å². The Morgan fingerprint density at radius 3 is 1.57 bits per heavy atom. The SMILES string of the molecule is c1ccc(-c2ccccc2-c2ccc(N(c3ccccc3-c3ccccc3)c3cccc4c3c3ccccc3n4-c3ccccc3-c3ccc4ccccc4c3)cc2)cc1. The van der Waals surface area contributed by atoms with Crippen LogP contribution < -0.4 is 4.90 Å². The van der Waals surface area contributed by atoms with Crippen LogP contribution in [0.5, 0.6) is 0 Å². The molecule has 0 aliphatic rings. The van der Waals surface area contributed by atoms with Crippen molar-refractivity contribution in [3.05, 3.63) is 243 Å². The second-order valence-corrected chi connectivity index (χ2v) is 15.3. The third-order valence-corrected chi connectivity index (χ3v) is 11.8. The predicted molar refractivity (Wildman–Crippen MR) is 255 cm³/mol. The van der Waals surface area contributed by atoms with Crippen molar-refractivity contribution in [2.45, 2.75) is 0 Å². The van der Waals surface area contributed by atoms with Gasteiger partial charge >= 0.3 is 0 Å². The van der Waals surface area contributed by atoms with Gasteiger partial charge in [-0.1, -0.05) is 194 Å². The molecule has 60 heavy (non-hydrogen) atoms. The molecule has 0 fully saturated rings. The zero-order valence-electron chi connectivity index (χ0n) is 33.0. The first-order valence-corrected chi connectivity index (χ1v) is 20.6. The molecule has 0 saturated carbocycles. The molecule has 0 spiro atoms. The van der Waals surface area contributed by atoms with E-state index in [2.05, 4.69) is 252 Å². The van der Waals surface area contributed by atoms with Crippen molar-refractivity contribution in [2.24, 2.45) is 0 Å². The molecule has 0 N–H and O–H groups in total. The number of para-hydroxylation sites is 3. The van der Waals surface area contributed by atoms with E-state index in [4.69, 9.17) is 0 Å². The lowest BCUT2D eigenvalue weighted by Gasteiger charge is -2.29. The molecule has 0 atom stereocenters. The van der Waals surface area contributed by atoms with Gasteiger partial charge in [-0.05, 0) is 92.7 Å². The van der Waals surface area contributed by atoms with Crippen molar-refractivity contribution in [1.82, 2.24) is 4.57 Å². The van der Waals surface area contributed by atoms with Crippen LogP contribution in [0.2, 0.25) is 0 Å². The first-order valence-electron chi connectivity index (χ1n) is 20.6. The largest absolute Gasteiger partial charge is 0.309 e. The molecule has 0 unspecified atom stereocenters. The van der Waals surface area contributed by atoms with Crippen molar-refractivity contribution in [3.8, 4) is 50.2 Å². The normalized spacial score (nSPS) is 11.3. The van der Waals surface area contributed by atoms with Crippen LogP contribution in [0.25, 0.3) is 82.8 Å². The third kappa shape index (κ3) is 6.14. The van der Waals surface area contributed by atoms with E-state index in [1.807, 2.05) is 0 Å². The zero-order chi connectivity index (χ0) is 39.8. The molecule has 10 aromatic carbocycles. The molecule has 0 radical (unpaired) electrons. The Morgan fingerprint density at radius 2 is 0.817 bits per heavy atom. The Kier molecular flexibility index (Phi) is 8.87. The van der Waals surface area contributed by atoms with Crippen molar-refractivity contribution in [1.29, 1.82) is 0 Å². The van der Waals surface area contributed by atoms with Crippen LogP contribution in [0, 0.1) is 0 Å². The lowest BCUT2D eigenvalue weighted by molar-refractivity contribution is 1.18. The summed E-state index contributed by atoms with van der Waals surface area (Å²) in [4.78, 5) is 2.46. The van der Waals surface area contributed by atoms with E-state index in [1.54, 1.807) is 0 Å². The highest BCUT2D eigenvalue weighted by Gasteiger charge is 2.24. The van der Waals surface area contributed by atoms with Crippen LogP contribution in [0.4, 0.5) is 17.1 Å². The van der Waals surface area contributed by atoms with Crippen molar-refractivity contribution in [3.63, 3.8) is 0 Å². The molecule has 0 aliphatic carbocycles. The van der Waals surface area contributed by atoms with Gasteiger partial charge in [0, 0.05) is 27.6 Å². The van der Waals surface area contributed by atoms with Gasteiger partial charge in [0.15, 0.2) is 0 Å². The van der Waals surface area contributed by atoms with Gasteiger partial charge in [-0.25, -0.2) is 0 Å². The summed E-state index contributed by atoms with van der Waals surface area (Å²) in [5.74, 6) is 0. The van der Waals surface area contributed by atoms with E-state index in [9.17, 15) is 0 Å². The molecule has 0 bridgehead atoms. The van der Waals surface area contributed by atoms with Gasteiger partial charge in [0.25, 0.3) is 0 Å². The lowest BCUT2D eigenvalue weighted by Crippen LogP contribution is -2.11. The highest BCUT2D eigenvalue weighted by atomic mass is 15.2. The number of aromatic nitrogens is 1. The second-order valence-electron chi connectivity index (χ2n) is 15.3. The standard InChI is InChI=1S/C58H40N2/c1-3-19-42(20-4-1)48-24-9-10-25-49(48)44-36-38-47(39-37-44)59(53-29-14-11-26-50(53)43-21-5-2-6-22-43)56-32-17-33-57-58(56)52-28-13-16-31-55(52)60(57)54-30-15-12-27-51(54)46-35-34-41-18-7-8-23-45(41)40-46/h1-40H. The first-order chi connectivity index (χ1) is 29.8. The average molecular weight is 765 g/mol. The predicted octanol–water partition coefficient (Wildman–Crippen LogP) is 16.1. The van der Waals surface area contributed by atoms with E-state index in [1.165, 1.54) is 66.1 Å². The highest BCUT2D eigenvalue weighted by Crippen LogP contribution is 2.47. The van der Waals surface area contributed by atoms with Crippen LogP contribution in [-0.2, 0) is 0 Å². The number of anilines is 3. The summed E-state index contributed by atoms with van der Waals surface area (Å²) in [6.45, 7) is 0. The summed E-state index contributed by atoms with van der Waals surface area (Å²) in [5.41, 5.74) is 16.3. The van der Waals surface area contributed by atoms with Crippen LogP contribution in [-0.4, -0.2) is 4.57 Å². The maximum atomic E-state index is 2.46. The number of benzene rings is 10. The van der Waals surface area contributed by atoms with Crippen molar-refractivity contribution < 1.29 is 0 Å². The Morgan fingerprint density at radius 1 is 0.300 bits per heavy atom. The molecule has 11 aromatic rings. The molecular formula is C58H40N2. The topological polar surface area (TPSA) is 8.17 Å². The van der Waals surface area contributed by atoms with Gasteiger partial charge in [0.05, 0.1) is 28.1 Å². The van der Waals surface area contributed by atoms with Crippen LogP contribution in [0.15, 0.2) is 243 Å². The summed E-state index contributed by atoms with van der Waals surface area (Å²) in [6.07, 6.45) is 0. The van der Waals surface area contributed by atoms with Crippen molar-refractivity contribution >= 4 is 49.6 Å². The first kappa shape index (κ1) is 35.2. The van der Waals surface area contributed by atoms with Crippen LogP contribution in [0.3, 0.4) is 0 Å². The van der Waals surface area contributed by atoms with Gasteiger partial charge in [-0.15, -0.1) is 0 Å². The average Bonchev–Trinajstić information content (AvgIpc) is 3.67. The van der Waals surface area contributed by atoms with E-state index in [-0.39, 0.29) is 0 Å². The second kappa shape index (κ2) is 15.1. The molecular weight excluding hydrogens is 725 g/mol. The molecule has 2 heteroatoms. The fourth-order valence-corrected chi connectivity index (χ4v) is 9.05. The minimum atomic E-state index is 1.08. The summed E-state index contributed by atoms with van der Waals surface area (Å²) in [7, 11) is 0. The molecule has 0 aliphatic heterocycles. The Balaban J connectivity index is 1.14. The van der Waals surface area contributed by atoms with Gasteiger partial charge < -0.3 is 9.47 Å².